The topological polar surface area (TPSA) is 78.3 Å². The Morgan fingerprint density at radius 1 is 1.56 bits per heavy atom. The number of nitrogens with zero attached hydrogens (tertiary/aromatic N) is 2. The van der Waals surface area contributed by atoms with Crippen molar-refractivity contribution in [2.75, 3.05) is 6.26 Å². The van der Waals surface area contributed by atoms with E-state index in [1.807, 2.05) is 0 Å². The minimum Gasteiger partial charge on any atom is -0.266 e. The van der Waals surface area contributed by atoms with E-state index in [1.165, 1.54) is 20.2 Å². The van der Waals surface area contributed by atoms with Gasteiger partial charge in [0.25, 0.3) is 15.7 Å². The van der Waals surface area contributed by atoms with E-state index in [0.717, 1.165) is 10.9 Å². The van der Waals surface area contributed by atoms with Gasteiger partial charge in [0.2, 0.25) is 0 Å². The van der Waals surface area contributed by atoms with E-state index in [1.54, 1.807) is 0 Å². The van der Waals surface area contributed by atoms with Crippen LogP contribution >= 0.6 is 11.6 Å². The zero-order valence-electron chi connectivity index (χ0n) is 8.97. The molecule has 1 aromatic heterocycles. The van der Waals surface area contributed by atoms with Crippen LogP contribution in [-0.2, 0) is 21.3 Å². The van der Waals surface area contributed by atoms with Crippen LogP contribution < -0.4 is 5.56 Å². The van der Waals surface area contributed by atoms with E-state index in [4.69, 9.17) is 15.8 Å². The van der Waals surface area contributed by atoms with Crippen molar-refractivity contribution in [3.8, 4) is 0 Å². The Hall–Kier alpha value is -0.920. The van der Waals surface area contributed by atoms with Crippen LogP contribution in [0.4, 0.5) is 0 Å². The van der Waals surface area contributed by atoms with E-state index >= 15 is 0 Å². The molecule has 0 spiro atoms. The summed E-state index contributed by atoms with van der Waals surface area (Å²) >= 11 is 5.77. The summed E-state index contributed by atoms with van der Waals surface area (Å²) in [5, 5.41) is 3.65. The second-order valence-electron chi connectivity index (χ2n) is 3.29. The predicted octanol–water partition coefficient (Wildman–Crippen LogP) is 0.471. The summed E-state index contributed by atoms with van der Waals surface area (Å²) in [5.41, 5.74) is -0.252. The van der Waals surface area contributed by atoms with Crippen molar-refractivity contribution in [3.05, 3.63) is 27.1 Å². The second kappa shape index (κ2) is 4.52. The van der Waals surface area contributed by atoms with Gasteiger partial charge in [-0.05, 0) is 6.92 Å². The maximum absolute atomic E-state index is 11.4. The van der Waals surface area contributed by atoms with Gasteiger partial charge in [-0.3, -0.25) is 8.98 Å². The molecule has 0 fully saturated rings. The Balaban J connectivity index is 3.16. The average molecular weight is 267 g/mol. The normalized spacial score (nSPS) is 13.8. The Bertz CT molecular complexity index is 552. The van der Waals surface area contributed by atoms with Crippen LogP contribution in [0.25, 0.3) is 0 Å². The van der Waals surface area contributed by atoms with Gasteiger partial charge < -0.3 is 0 Å². The van der Waals surface area contributed by atoms with Gasteiger partial charge in [-0.25, -0.2) is 4.68 Å². The molecule has 0 saturated heterocycles. The average Bonchev–Trinajstić information content (AvgIpc) is 2.11. The van der Waals surface area contributed by atoms with Crippen LogP contribution in [0.3, 0.4) is 0 Å². The molecule has 1 rings (SSSR count). The summed E-state index contributed by atoms with van der Waals surface area (Å²) < 4.78 is 27.6. The molecular formula is C8H11ClN2O4S. The first-order valence-corrected chi connectivity index (χ1v) is 6.52. The highest BCUT2D eigenvalue weighted by Gasteiger charge is 2.18. The lowest BCUT2D eigenvalue weighted by atomic mass is 10.2. The summed E-state index contributed by atoms with van der Waals surface area (Å²) in [7, 11) is -2.16. The number of hydrogen-bond donors (Lipinski definition) is 0. The summed E-state index contributed by atoms with van der Waals surface area (Å²) in [5.74, 6) is 0. The summed E-state index contributed by atoms with van der Waals surface area (Å²) in [4.78, 5) is 11.4. The van der Waals surface area contributed by atoms with Crippen molar-refractivity contribution < 1.29 is 12.6 Å². The lowest BCUT2D eigenvalue weighted by Crippen LogP contribution is -2.22. The Morgan fingerprint density at radius 2 is 2.12 bits per heavy atom. The van der Waals surface area contributed by atoms with Crippen LogP contribution in [0.15, 0.2) is 11.0 Å². The number of halogens is 1. The van der Waals surface area contributed by atoms with Gasteiger partial charge in [0.05, 0.1) is 12.5 Å². The van der Waals surface area contributed by atoms with Gasteiger partial charge in [-0.15, -0.1) is 0 Å². The Kier molecular flexibility index (Phi) is 3.72. The molecule has 90 valence electrons. The molecule has 0 N–H and O–H groups in total. The van der Waals surface area contributed by atoms with E-state index in [9.17, 15) is 13.2 Å². The molecule has 0 amide bonds. The third-order valence-corrected chi connectivity index (χ3v) is 2.88. The zero-order chi connectivity index (χ0) is 12.5. The van der Waals surface area contributed by atoms with Gasteiger partial charge >= 0.3 is 0 Å². The quantitative estimate of drug-likeness (QED) is 0.743. The molecule has 1 aromatic rings. The molecular weight excluding hydrogens is 256 g/mol. The van der Waals surface area contributed by atoms with Gasteiger partial charge in [-0.2, -0.15) is 13.5 Å². The Morgan fingerprint density at radius 3 is 2.62 bits per heavy atom. The number of aromatic nitrogens is 2. The third kappa shape index (κ3) is 3.03. The SMILES string of the molecule is CC(OS(C)(=O)=O)c1cnn(C)c(=O)c1Cl. The van der Waals surface area contributed by atoms with Gasteiger partial charge in [-0.1, -0.05) is 11.6 Å². The van der Waals surface area contributed by atoms with Crippen LogP contribution in [0.2, 0.25) is 5.02 Å². The molecule has 1 unspecified atom stereocenters. The van der Waals surface area contributed by atoms with Crippen molar-refractivity contribution in [2.45, 2.75) is 13.0 Å². The molecule has 0 aliphatic rings. The van der Waals surface area contributed by atoms with E-state index < -0.39 is 21.8 Å². The van der Waals surface area contributed by atoms with Crippen LogP contribution in [0, 0.1) is 0 Å². The van der Waals surface area contributed by atoms with Gasteiger partial charge in [0.1, 0.15) is 11.1 Å². The van der Waals surface area contributed by atoms with Crippen molar-refractivity contribution in [1.29, 1.82) is 0 Å². The fourth-order valence-corrected chi connectivity index (χ4v) is 2.07. The van der Waals surface area contributed by atoms with Crippen LogP contribution in [0.1, 0.15) is 18.6 Å². The second-order valence-corrected chi connectivity index (χ2v) is 5.26. The van der Waals surface area contributed by atoms with E-state index in [-0.39, 0.29) is 10.6 Å². The molecule has 16 heavy (non-hydrogen) atoms. The van der Waals surface area contributed by atoms with Crippen LogP contribution in [-0.4, -0.2) is 24.5 Å². The smallest absolute Gasteiger partial charge is 0.266 e. The summed E-state index contributed by atoms with van der Waals surface area (Å²) in [6, 6.07) is 0. The van der Waals surface area contributed by atoms with Crippen molar-refractivity contribution in [1.82, 2.24) is 9.78 Å². The number of rotatable bonds is 3. The monoisotopic (exact) mass is 266 g/mol. The molecule has 8 heteroatoms. The fourth-order valence-electron chi connectivity index (χ4n) is 1.12. The standard InChI is InChI=1S/C8H11ClN2O4S/c1-5(15-16(3,13)14)6-4-10-11(2)8(12)7(6)9/h4-5H,1-3H3. The molecule has 0 radical (unpaired) electrons. The number of aryl methyl sites for hydroxylation is 1. The molecule has 6 nitrogen and oxygen atoms in total. The lowest BCUT2D eigenvalue weighted by Gasteiger charge is -2.12. The lowest BCUT2D eigenvalue weighted by molar-refractivity contribution is 0.235. The van der Waals surface area contributed by atoms with Crippen molar-refractivity contribution in [2.24, 2.45) is 7.05 Å². The first kappa shape index (κ1) is 13.1. The highest BCUT2D eigenvalue weighted by molar-refractivity contribution is 7.86. The summed E-state index contributed by atoms with van der Waals surface area (Å²) in [6.07, 6.45) is 1.38. The first-order valence-electron chi connectivity index (χ1n) is 4.32. The van der Waals surface area contributed by atoms with Crippen molar-refractivity contribution in [3.63, 3.8) is 0 Å². The van der Waals surface area contributed by atoms with E-state index in [2.05, 4.69) is 5.10 Å². The Labute approximate surface area is 97.9 Å². The fraction of sp³-hybridized carbons (Fsp3) is 0.500. The highest BCUT2D eigenvalue weighted by atomic mass is 35.5. The molecule has 1 atom stereocenters. The van der Waals surface area contributed by atoms with Crippen LogP contribution in [0.5, 0.6) is 0 Å². The summed E-state index contributed by atoms with van der Waals surface area (Å²) in [6.45, 7) is 1.48. The molecule has 0 aliphatic heterocycles. The molecule has 0 aromatic carbocycles. The van der Waals surface area contributed by atoms with E-state index in [0.29, 0.717) is 0 Å². The first-order chi connectivity index (χ1) is 7.22. The van der Waals surface area contributed by atoms with Gasteiger partial charge in [0.15, 0.2) is 0 Å². The third-order valence-electron chi connectivity index (χ3n) is 1.86. The largest absolute Gasteiger partial charge is 0.285 e. The van der Waals surface area contributed by atoms with Crippen molar-refractivity contribution >= 4 is 21.7 Å². The highest BCUT2D eigenvalue weighted by Crippen LogP contribution is 2.22. The maximum Gasteiger partial charge on any atom is 0.285 e. The molecule has 0 bridgehead atoms. The molecule has 0 aliphatic carbocycles. The minimum absolute atomic E-state index is 0.0892. The number of hydrogen-bond acceptors (Lipinski definition) is 5. The maximum atomic E-state index is 11.4. The zero-order valence-corrected chi connectivity index (χ0v) is 10.5. The molecule has 1 heterocycles. The minimum atomic E-state index is -3.61. The molecule has 0 saturated carbocycles. The van der Waals surface area contributed by atoms with Gasteiger partial charge in [0, 0.05) is 12.6 Å². The predicted molar refractivity (Wildman–Crippen MR) is 58.8 cm³/mol.